The van der Waals surface area contributed by atoms with Gasteiger partial charge in [-0.2, -0.15) is 0 Å². The van der Waals surface area contributed by atoms with E-state index in [0.717, 1.165) is 0 Å². The van der Waals surface area contributed by atoms with E-state index < -0.39 is 11.7 Å². The van der Waals surface area contributed by atoms with Crippen molar-refractivity contribution in [2.75, 3.05) is 11.9 Å². The molecule has 0 unspecified atom stereocenters. The molecule has 2 aromatic carbocycles. The van der Waals surface area contributed by atoms with Crippen LogP contribution in [0.2, 0.25) is 0 Å². The van der Waals surface area contributed by atoms with Crippen LogP contribution in [-0.4, -0.2) is 17.6 Å². The van der Waals surface area contributed by atoms with Gasteiger partial charge in [-0.05, 0) is 42.5 Å². The van der Waals surface area contributed by atoms with E-state index in [9.17, 15) is 9.18 Å². The fourth-order valence-corrected chi connectivity index (χ4v) is 2.13. The lowest BCUT2D eigenvalue weighted by atomic mass is 10.3. The van der Waals surface area contributed by atoms with Crippen molar-refractivity contribution in [2.24, 2.45) is 0 Å². The van der Waals surface area contributed by atoms with Crippen molar-refractivity contribution in [2.45, 2.75) is 0 Å². The predicted octanol–water partition coefficient (Wildman–Crippen LogP) is 3.48. The molecule has 0 saturated heterocycles. The average molecular weight is 383 g/mol. The molecule has 22 heavy (non-hydrogen) atoms. The number of hydrogen-bond donors (Lipinski definition) is 2. The quantitative estimate of drug-likeness (QED) is 0.794. The van der Waals surface area contributed by atoms with E-state index in [-0.39, 0.29) is 17.4 Å². The zero-order valence-corrected chi connectivity index (χ0v) is 13.7. The SMILES string of the molecule is O=C(COc1ccccc1)NC(=S)Nc1ccc(Br)cc1F. The number of carbonyl (C=O) groups excluding carboxylic acids is 1. The second-order valence-corrected chi connectivity index (χ2v) is 5.55. The van der Waals surface area contributed by atoms with Crippen LogP contribution in [0.25, 0.3) is 0 Å². The van der Waals surface area contributed by atoms with Crippen molar-refractivity contribution >= 4 is 44.9 Å². The minimum Gasteiger partial charge on any atom is -0.484 e. The highest BCUT2D eigenvalue weighted by molar-refractivity contribution is 9.10. The molecule has 0 aliphatic rings. The van der Waals surface area contributed by atoms with Crippen LogP contribution < -0.4 is 15.4 Å². The number of carbonyl (C=O) groups is 1. The molecule has 0 aromatic heterocycles. The Kier molecular flexibility index (Phi) is 5.85. The van der Waals surface area contributed by atoms with Crippen molar-refractivity contribution in [3.8, 4) is 5.75 Å². The van der Waals surface area contributed by atoms with Crippen LogP contribution in [0.3, 0.4) is 0 Å². The first-order chi connectivity index (χ1) is 10.5. The first-order valence-electron chi connectivity index (χ1n) is 6.28. The van der Waals surface area contributed by atoms with Crippen LogP contribution in [0.15, 0.2) is 53.0 Å². The van der Waals surface area contributed by atoms with Gasteiger partial charge >= 0.3 is 0 Å². The predicted molar refractivity (Wildman–Crippen MR) is 90.4 cm³/mol. The highest BCUT2D eigenvalue weighted by Crippen LogP contribution is 2.19. The second-order valence-electron chi connectivity index (χ2n) is 4.23. The molecule has 1 amide bonds. The van der Waals surface area contributed by atoms with Gasteiger partial charge in [-0.1, -0.05) is 34.1 Å². The van der Waals surface area contributed by atoms with E-state index in [1.54, 1.807) is 30.3 Å². The molecule has 4 nitrogen and oxygen atoms in total. The number of thiocarbonyl (C=S) groups is 1. The molecule has 0 aliphatic carbocycles. The molecular formula is C15H12BrFN2O2S. The fraction of sp³-hybridized carbons (Fsp3) is 0.0667. The van der Waals surface area contributed by atoms with Gasteiger partial charge in [0.15, 0.2) is 11.7 Å². The maximum absolute atomic E-state index is 13.6. The second kappa shape index (κ2) is 7.86. The van der Waals surface area contributed by atoms with Crippen molar-refractivity contribution in [1.29, 1.82) is 0 Å². The maximum atomic E-state index is 13.6. The summed E-state index contributed by atoms with van der Waals surface area (Å²) in [7, 11) is 0. The molecule has 0 bridgehead atoms. The Labute approximate surface area is 140 Å². The molecule has 0 radical (unpaired) electrons. The Hall–Kier alpha value is -1.99. The zero-order chi connectivity index (χ0) is 15.9. The Morgan fingerprint density at radius 2 is 1.95 bits per heavy atom. The zero-order valence-electron chi connectivity index (χ0n) is 11.3. The smallest absolute Gasteiger partial charge is 0.264 e. The number of nitrogens with one attached hydrogen (secondary N) is 2. The summed E-state index contributed by atoms with van der Waals surface area (Å²) in [4.78, 5) is 11.7. The summed E-state index contributed by atoms with van der Waals surface area (Å²) >= 11 is 8.12. The van der Waals surface area contributed by atoms with Crippen LogP contribution >= 0.6 is 28.1 Å². The summed E-state index contributed by atoms with van der Waals surface area (Å²) in [6.45, 7) is -0.186. The van der Waals surface area contributed by atoms with E-state index in [4.69, 9.17) is 17.0 Å². The van der Waals surface area contributed by atoms with Gasteiger partial charge in [0.25, 0.3) is 5.91 Å². The fourth-order valence-electron chi connectivity index (χ4n) is 1.57. The van der Waals surface area contributed by atoms with E-state index in [1.165, 1.54) is 12.1 Å². The van der Waals surface area contributed by atoms with Crippen molar-refractivity contribution in [3.05, 3.63) is 58.8 Å². The summed E-state index contributed by atoms with van der Waals surface area (Å²) < 4.78 is 19.5. The van der Waals surface area contributed by atoms with Gasteiger partial charge in [0.1, 0.15) is 11.6 Å². The van der Waals surface area contributed by atoms with E-state index in [2.05, 4.69) is 26.6 Å². The topological polar surface area (TPSA) is 50.4 Å². The summed E-state index contributed by atoms with van der Waals surface area (Å²) in [6, 6.07) is 13.4. The number of ether oxygens (including phenoxy) is 1. The van der Waals surface area contributed by atoms with E-state index >= 15 is 0 Å². The molecule has 0 fully saturated rings. The van der Waals surface area contributed by atoms with Crippen LogP contribution in [0.5, 0.6) is 5.75 Å². The summed E-state index contributed by atoms with van der Waals surface area (Å²) in [6.07, 6.45) is 0. The summed E-state index contributed by atoms with van der Waals surface area (Å²) in [5, 5.41) is 5.04. The maximum Gasteiger partial charge on any atom is 0.264 e. The van der Waals surface area contributed by atoms with Gasteiger partial charge in [0, 0.05) is 4.47 Å². The van der Waals surface area contributed by atoms with Gasteiger partial charge in [-0.3, -0.25) is 10.1 Å². The Balaban J connectivity index is 1.82. The number of halogens is 2. The standard InChI is InChI=1S/C15H12BrFN2O2S/c16-10-6-7-13(12(17)8-10)18-15(22)19-14(20)9-21-11-4-2-1-3-5-11/h1-8H,9H2,(H2,18,19,20,22). The number of para-hydroxylation sites is 1. The van der Waals surface area contributed by atoms with Gasteiger partial charge in [0.05, 0.1) is 5.69 Å². The highest BCUT2D eigenvalue weighted by atomic mass is 79.9. The molecule has 0 aliphatic heterocycles. The molecule has 114 valence electrons. The number of amides is 1. The molecule has 0 heterocycles. The van der Waals surface area contributed by atoms with Gasteiger partial charge in [-0.25, -0.2) is 4.39 Å². The van der Waals surface area contributed by atoms with Crippen molar-refractivity contribution in [3.63, 3.8) is 0 Å². The van der Waals surface area contributed by atoms with Crippen LogP contribution in [0.1, 0.15) is 0 Å². The summed E-state index contributed by atoms with van der Waals surface area (Å²) in [5.41, 5.74) is 0.178. The number of anilines is 1. The lowest BCUT2D eigenvalue weighted by molar-refractivity contribution is -0.121. The van der Waals surface area contributed by atoms with Gasteiger partial charge in [0.2, 0.25) is 0 Å². The monoisotopic (exact) mass is 382 g/mol. The molecule has 0 spiro atoms. The minimum atomic E-state index is -0.480. The first-order valence-corrected chi connectivity index (χ1v) is 7.48. The molecular weight excluding hydrogens is 371 g/mol. The van der Waals surface area contributed by atoms with Crippen LogP contribution in [0, 0.1) is 5.82 Å². The Bertz CT molecular complexity index is 682. The van der Waals surface area contributed by atoms with E-state index in [0.29, 0.717) is 10.2 Å². The van der Waals surface area contributed by atoms with E-state index in [1.807, 2.05) is 6.07 Å². The van der Waals surface area contributed by atoms with Crippen LogP contribution in [-0.2, 0) is 4.79 Å². The molecule has 0 saturated carbocycles. The summed E-state index contributed by atoms with van der Waals surface area (Å²) in [5.74, 6) is -0.333. The third-order valence-electron chi connectivity index (χ3n) is 2.55. The van der Waals surface area contributed by atoms with Crippen molar-refractivity contribution < 1.29 is 13.9 Å². The number of hydrogen-bond acceptors (Lipinski definition) is 3. The van der Waals surface area contributed by atoms with Gasteiger partial charge < -0.3 is 10.1 Å². The van der Waals surface area contributed by atoms with Crippen molar-refractivity contribution in [1.82, 2.24) is 5.32 Å². The Morgan fingerprint density at radius 1 is 1.23 bits per heavy atom. The largest absolute Gasteiger partial charge is 0.484 e. The first kappa shape index (κ1) is 16.4. The molecule has 2 N–H and O–H groups in total. The lowest BCUT2D eigenvalue weighted by Gasteiger charge is -2.11. The molecule has 2 aromatic rings. The third kappa shape index (κ3) is 5.09. The van der Waals surface area contributed by atoms with Crippen LogP contribution in [0.4, 0.5) is 10.1 Å². The molecule has 2 rings (SSSR count). The lowest BCUT2D eigenvalue weighted by Crippen LogP contribution is -2.37. The third-order valence-corrected chi connectivity index (χ3v) is 3.24. The van der Waals surface area contributed by atoms with Gasteiger partial charge in [-0.15, -0.1) is 0 Å². The normalized spacial score (nSPS) is 9.91. The molecule has 0 atom stereocenters. The average Bonchev–Trinajstić information content (AvgIpc) is 2.49. The minimum absolute atomic E-state index is 0.00267. The highest BCUT2D eigenvalue weighted by Gasteiger charge is 2.08. The number of rotatable bonds is 4. The molecule has 7 heteroatoms. The Morgan fingerprint density at radius 3 is 2.64 bits per heavy atom. The number of benzene rings is 2.